The summed E-state index contributed by atoms with van der Waals surface area (Å²) in [6.45, 7) is 13.0. The molecule has 142 valence electrons. The van der Waals surface area contributed by atoms with Crippen LogP contribution in [-0.4, -0.2) is 55.1 Å². The van der Waals surface area contributed by atoms with Gasteiger partial charge in [-0.3, -0.25) is 4.99 Å². The van der Waals surface area contributed by atoms with E-state index in [2.05, 4.69) is 41.3 Å². The largest absolute Gasteiger partial charge is 0.357 e. The van der Waals surface area contributed by atoms with E-state index in [-0.39, 0.29) is 0 Å². The van der Waals surface area contributed by atoms with Gasteiger partial charge < -0.3 is 15.5 Å². The van der Waals surface area contributed by atoms with Gasteiger partial charge in [-0.2, -0.15) is 0 Å². The molecular weight excluding hydrogens is 330 g/mol. The molecule has 2 heterocycles. The first-order valence-corrected chi connectivity index (χ1v) is 10.7. The number of nitrogens with one attached hydrogen (secondary N) is 2. The van der Waals surface area contributed by atoms with E-state index in [1.165, 1.54) is 48.8 Å². The van der Waals surface area contributed by atoms with Crippen LogP contribution in [0, 0.1) is 5.92 Å². The number of piperidine rings is 1. The molecule has 25 heavy (non-hydrogen) atoms. The van der Waals surface area contributed by atoms with E-state index in [0.29, 0.717) is 0 Å². The molecule has 1 aliphatic heterocycles. The van der Waals surface area contributed by atoms with Crippen LogP contribution < -0.4 is 10.6 Å². The molecule has 0 radical (unpaired) electrons. The minimum Gasteiger partial charge on any atom is -0.357 e. The molecule has 1 aromatic rings. The van der Waals surface area contributed by atoms with Crippen LogP contribution in [0.25, 0.3) is 0 Å². The van der Waals surface area contributed by atoms with E-state index in [4.69, 9.17) is 4.99 Å². The van der Waals surface area contributed by atoms with Crippen LogP contribution in [0.5, 0.6) is 0 Å². The van der Waals surface area contributed by atoms with E-state index in [1.807, 2.05) is 17.5 Å². The van der Waals surface area contributed by atoms with Gasteiger partial charge in [0, 0.05) is 37.1 Å². The molecule has 0 amide bonds. The quantitative estimate of drug-likeness (QED) is 0.522. The summed E-state index contributed by atoms with van der Waals surface area (Å²) >= 11 is 1.82. The first kappa shape index (κ1) is 20.2. The molecule has 0 unspecified atom stereocenters. The van der Waals surface area contributed by atoms with Crippen molar-refractivity contribution >= 4 is 17.3 Å². The molecule has 5 nitrogen and oxygen atoms in total. The van der Waals surface area contributed by atoms with Gasteiger partial charge in [-0.25, -0.2) is 4.98 Å². The lowest BCUT2D eigenvalue weighted by Gasteiger charge is -2.30. The highest BCUT2D eigenvalue weighted by molar-refractivity contribution is 7.11. The van der Waals surface area contributed by atoms with Crippen molar-refractivity contribution < 1.29 is 0 Å². The summed E-state index contributed by atoms with van der Waals surface area (Å²) in [4.78, 5) is 13.2. The predicted octanol–water partition coefficient (Wildman–Crippen LogP) is 2.93. The Balaban J connectivity index is 1.68. The van der Waals surface area contributed by atoms with Gasteiger partial charge in [0.25, 0.3) is 0 Å². The first-order chi connectivity index (χ1) is 12.2. The lowest BCUT2D eigenvalue weighted by molar-refractivity contribution is 0.188. The predicted molar refractivity (Wildman–Crippen MR) is 109 cm³/mol. The Morgan fingerprint density at radius 3 is 2.72 bits per heavy atom. The van der Waals surface area contributed by atoms with Gasteiger partial charge in [0.1, 0.15) is 0 Å². The van der Waals surface area contributed by atoms with E-state index in [1.54, 1.807) is 0 Å². The number of aryl methyl sites for hydroxylation is 1. The van der Waals surface area contributed by atoms with E-state index in [0.717, 1.165) is 44.4 Å². The Morgan fingerprint density at radius 1 is 1.28 bits per heavy atom. The molecule has 0 saturated carbocycles. The Hall–Kier alpha value is -1.14. The van der Waals surface area contributed by atoms with Gasteiger partial charge >= 0.3 is 0 Å². The summed E-state index contributed by atoms with van der Waals surface area (Å²) in [6, 6.07) is 0. The van der Waals surface area contributed by atoms with Crippen LogP contribution in [0.4, 0.5) is 0 Å². The number of hydrogen-bond donors (Lipinski definition) is 2. The van der Waals surface area contributed by atoms with E-state index in [9.17, 15) is 0 Å². The second-order valence-corrected chi connectivity index (χ2v) is 7.88. The molecule has 2 N–H and O–H groups in total. The number of hydrogen-bond acceptors (Lipinski definition) is 4. The van der Waals surface area contributed by atoms with Gasteiger partial charge in [-0.15, -0.1) is 11.3 Å². The molecule has 0 bridgehead atoms. The van der Waals surface area contributed by atoms with Crippen LogP contribution in [0.15, 0.2) is 11.2 Å². The minimum atomic E-state index is 0.845. The maximum absolute atomic E-state index is 4.76. The van der Waals surface area contributed by atoms with Gasteiger partial charge in [-0.1, -0.05) is 13.8 Å². The first-order valence-electron chi connectivity index (χ1n) is 9.93. The molecule has 6 heteroatoms. The fraction of sp³-hybridized carbons (Fsp3) is 0.789. The van der Waals surface area contributed by atoms with Crippen molar-refractivity contribution in [3.05, 3.63) is 16.1 Å². The summed E-state index contributed by atoms with van der Waals surface area (Å²) in [6.07, 6.45) is 7.91. The zero-order valence-corrected chi connectivity index (χ0v) is 17.0. The molecule has 1 fully saturated rings. The standard InChI is InChI=1S/C19H35N5S/c1-4-17-15-23-18(25-17)8-12-22-19(20-5-2)21-11-7-16-9-13-24(6-3)14-10-16/h15-16H,4-14H2,1-3H3,(H2,20,21,22). The zero-order chi connectivity index (χ0) is 17.9. The molecule has 0 atom stereocenters. The zero-order valence-electron chi connectivity index (χ0n) is 16.2. The Morgan fingerprint density at radius 2 is 2.08 bits per heavy atom. The van der Waals surface area contributed by atoms with Crippen molar-refractivity contribution in [1.82, 2.24) is 20.5 Å². The van der Waals surface area contributed by atoms with Crippen molar-refractivity contribution in [3.63, 3.8) is 0 Å². The highest BCUT2D eigenvalue weighted by Gasteiger charge is 2.17. The summed E-state index contributed by atoms with van der Waals surface area (Å²) in [5.41, 5.74) is 0. The fourth-order valence-electron chi connectivity index (χ4n) is 3.21. The lowest BCUT2D eigenvalue weighted by Crippen LogP contribution is -2.38. The SMILES string of the molecule is CCNC(=NCCC1CCN(CC)CC1)NCCc1ncc(CC)s1. The van der Waals surface area contributed by atoms with Crippen LogP contribution in [0.1, 0.15) is 49.9 Å². The second-order valence-electron chi connectivity index (χ2n) is 6.68. The minimum absolute atomic E-state index is 0.845. The highest BCUT2D eigenvalue weighted by Crippen LogP contribution is 2.20. The van der Waals surface area contributed by atoms with Gasteiger partial charge in [0.05, 0.1) is 5.01 Å². The van der Waals surface area contributed by atoms with E-state index >= 15 is 0 Å². The summed E-state index contributed by atoms with van der Waals surface area (Å²) in [7, 11) is 0. The van der Waals surface area contributed by atoms with Crippen molar-refractivity contribution in [3.8, 4) is 0 Å². The molecular formula is C19H35N5S. The molecule has 0 spiro atoms. The van der Waals surface area contributed by atoms with Crippen LogP contribution in [0.2, 0.25) is 0 Å². The Kier molecular flexibility index (Phi) is 9.26. The van der Waals surface area contributed by atoms with E-state index < -0.39 is 0 Å². The fourth-order valence-corrected chi connectivity index (χ4v) is 4.07. The molecule has 2 rings (SSSR count). The third kappa shape index (κ3) is 7.32. The van der Waals surface area contributed by atoms with Crippen molar-refractivity contribution in [1.29, 1.82) is 0 Å². The maximum Gasteiger partial charge on any atom is 0.191 e. The van der Waals surface area contributed by atoms with Crippen LogP contribution in [0.3, 0.4) is 0 Å². The molecule has 1 saturated heterocycles. The highest BCUT2D eigenvalue weighted by atomic mass is 32.1. The molecule has 1 aromatic heterocycles. The van der Waals surface area contributed by atoms with Crippen LogP contribution >= 0.6 is 11.3 Å². The lowest BCUT2D eigenvalue weighted by atomic mass is 9.94. The van der Waals surface area contributed by atoms with Crippen molar-refractivity contribution in [2.75, 3.05) is 39.3 Å². The average Bonchev–Trinajstić information content (AvgIpc) is 3.10. The van der Waals surface area contributed by atoms with Crippen molar-refractivity contribution in [2.45, 2.75) is 52.9 Å². The Bertz CT molecular complexity index is 506. The number of guanidine groups is 1. The number of likely N-dealkylation sites (tertiary alicyclic amines) is 1. The second kappa shape index (κ2) is 11.5. The van der Waals surface area contributed by atoms with Gasteiger partial charge in [-0.05, 0) is 58.2 Å². The average molecular weight is 366 g/mol. The number of rotatable bonds is 9. The summed E-state index contributed by atoms with van der Waals surface area (Å²) in [5.74, 6) is 1.79. The molecule has 1 aliphatic rings. The topological polar surface area (TPSA) is 52.6 Å². The van der Waals surface area contributed by atoms with Gasteiger partial charge in [0.2, 0.25) is 0 Å². The Labute approximate surface area is 157 Å². The third-order valence-electron chi connectivity index (χ3n) is 4.89. The summed E-state index contributed by atoms with van der Waals surface area (Å²) < 4.78 is 0. The third-order valence-corrected chi connectivity index (χ3v) is 6.09. The van der Waals surface area contributed by atoms with Crippen molar-refractivity contribution in [2.24, 2.45) is 10.9 Å². The van der Waals surface area contributed by atoms with Crippen LogP contribution in [-0.2, 0) is 12.8 Å². The molecule has 0 aromatic carbocycles. The number of aliphatic imine (C=N–C) groups is 1. The number of thiazole rings is 1. The maximum atomic E-state index is 4.76. The number of nitrogens with zero attached hydrogens (tertiary/aromatic N) is 3. The number of aromatic nitrogens is 1. The normalized spacial score (nSPS) is 17.0. The smallest absolute Gasteiger partial charge is 0.191 e. The van der Waals surface area contributed by atoms with Gasteiger partial charge in [0.15, 0.2) is 5.96 Å². The molecule has 0 aliphatic carbocycles. The monoisotopic (exact) mass is 365 g/mol. The summed E-state index contributed by atoms with van der Waals surface area (Å²) in [5, 5.41) is 8.01.